The van der Waals surface area contributed by atoms with Crippen LogP contribution in [0.2, 0.25) is 0 Å². The zero-order valence-corrected chi connectivity index (χ0v) is 14.9. The van der Waals surface area contributed by atoms with Gasteiger partial charge in [-0.3, -0.25) is 4.79 Å². The monoisotopic (exact) mass is 352 g/mol. The number of benzene rings is 2. The molecule has 2 fully saturated rings. The Bertz CT molecular complexity index is 764. The zero-order chi connectivity index (χ0) is 17.9. The van der Waals surface area contributed by atoms with Gasteiger partial charge in [-0.25, -0.2) is 4.39 Å². The van der Waals surface area contributed by atoms with Gasteiger partial charge in [0.25, 0.3) is 5.91 Å². The summed E-state index contributed by atoms with van der Waals surface area (Å²) < 4.78 is 13.7. The molecular formula is C22H25FN2O. The Kier molecular flexibility index (Phi) is 5.02. The molecule has 2 saturated heterocycles. The maximum atomic E-state index is 13.7. The molecule has 3 nitrogen and oxygen atoms in total. The Morgan fingerprint density at radius 3 is 2.69 bits per heavy atom. The molecule has 2 aliphatic rings. The highest BCUT2D eigenvalue weighted by Gasteiger charge is 2.41. The van der Waals surface area contributed by atoms with Crippen LogP contribution in [0.1, 0.15) is 47.5 Å². The first-order valence-electron chi connectivity index (χ1n) is 9.59. The maximum absolute atomic E-state index is 13.7. The van der Waals surface area contributed by atoms with Crippen molar-refractivity contribution in [1.29, 1.82) is 0 Å². The number of nitrogens with zero attached hydrogens (tertiary/aromatic N) is 1. The summed E-state index contributed by atoms with van der Waals surface area (Å²) >= 11 is 0. The van der Waals surface area contributed by atoms with Crippen molar-refractivity contribution in [2.24, 2.45) is 0 Å². The highest BCUT2D eigenvalue weighted by Crippen LogP contribution is 2.36. The number of carbonyl (C=O) groups is 1. The number of carbonyl (C=O) groups excluding carboxylic acids is 1. The van der Waals surface area contributed by atoms with Crippen molar-refractivity contribution in [1.82, 2.24) is 10.2 Å². The van der Waals surface area contributed by atoms with E-state index in [1.807, 2.05) is 11.0 Å². The highest BCUT2D eigenvalue weighted by atomic mass is 19.1. The number of halogens is 1. The SMILES string of the molecule is O=C(c1cccc(F)c1)N1CCCC[C@H]2NCC[C@H](c3ccccc3)[C@H]21. The van der Waals surface area contributed by atoms with Gasteiger partial charge in [0.2, 0.25) is 0 Å². The van der Waals surface area contributed by atoms with Crippen LogP contribution in [0.15, 0.2) is 54.6 Å². The van der Waals surface area contributed by atoms with Crippen molar-refractivity contribution < 1.29 is 9.18 Å². The van der Waals surface area contributed by atoms with E-state index in [0.717, 1.165) is 38.8 Å². The van der Waals surface area contributed by atoms with E-state index in [1.165, 1.54) is 17.7 Å². The largest absolute Gasteiger partial charge is 0.333 e. The summed E-state index contributed by atoms with van der Waals surface area (Å²) in [6.45, 7) is 1.71. The number of rotatable bonds is 2. The molecule has 26 heavy (non-hydrogen) atoms. The van der Waals surface area contributed by atoms with E-state index in [1.54, 1.807) is 12.1 Å². The molecule has 2 aromatic carbocycles. The fourth-order valence-corrected chi connectivity index (χ4v) is 4.59. The van der Waals surface area contributed by atoms with E-state index in [4.69, 9.17) is 0 Å². The quantitative estimate of drug-likeness (QED) is 0.887. The van der Waals surface area contributed by atoms with E-state index in [0.29, 0.717) is 17.5 Å². The van der Waals surface area contributed by atoms with Crippen LogP contribution < -0.4 is 5.32 Å². The van der Waals surface area contributed by atoms with Gasteiger partial charge in [-0.1, -0.05) is 42.8 Å². The molecule has 4 heteroatoms. The van der Waals surface area contributed by atoms with E-state index in [-0.39, 0.29) is 17.8 Å². The van der Waals surface area contributed by atoms with Crippen molar-refractivity contribution in [2.75, 3.05) is 13.1 Å². The summed E-state index contributed by atoms with van der Waals surface area (Å²) in [5.41, 5.74) is 1.74. The lowest BCUT2D eigenvalue weighted by molar-refractivity contribution is 0.0574. The number of likely N-dealkylation sites (tertiary alicyclic amines) is 1. The number of amides is 1. The fourth-order valence-electron chi connectivity index (χ4n) is 4.59. The van der Waals surface area contributed by atoms with Crippen LogP contribution in [0.5, 0.6) is 0 Å². The molecule has 0 bridgehead atoms. The second-order valence-corrected chi connectivity index (χ2v) is 7.36. The van der Waals surface area contributed by atoms with Gasteiger partial charge in [0.05, 0.1) is 6.04 Å². The molecule has 4 rings (SSSR count). The smallest absolute Gasteiger partial charge is 0.254 e. The third-order valence-electron chi connectivity index (χ3n) is 5.77. The zero-order valence-electron chi connectivity index (χ0n) is 14.9. The predicted molar refractivity (Wildman–Crippen MR) is 101 cm³/mol. The molecule has 0 spiro atoms. The van der Waals surface area contributed by atoms with Crippen LogP contribution in [0.3, 0.4) is 0 Å². The van der Waals surface area contributed by atoms with Crippen LogP contribution in [0.25, 0.3) is 0 Å². The van der Waals surface area contributed by atoms with Gasteiger partial charge in [-0.05, 0) is 49.6 Å². The third-order valence-corrected chi connectivity index (χ3v) is 5.77. The average Bonchev–Trinajstić information content (AvgIpc) is 2.90. The van der Waals surface area contributed by atoms with Crippen molar-refractivity contribution in [3.8, 4) is 0 Å². The molecule has 0 aromatic heterocycles. The Hall–Kier alpha value is -2.20. The van der Waals surface area contributed by atoms with E-state index >= 15 is 0 Å². The summed E-state index contributed by atoms with van der Waals surface area (Å²) in [4.78, 5) is 15.3. The minimum atomic E-state index is -0.358. The van der Waals surface area contributed by atoms with Gasteiger partial charge in [0.15, 0.2) is 0 Å². The van der Waals surface area contributed by atoms with Crippen LogP contribution in [-0.2, 0) is 0 Å². The third kappa shape index (κ3) is 3.38. The van der Waals surface area contributed by atoms with Gasteiger partial charge in [-0.2, -0.15) is 0 Å². The maximum Gasteiger partial charge on any atom is 0.254 e. The van der Waals surface area contributed by atoms with Gasteiger partial charge in [0.1, 0.15) is 5.82 Å². The minimum absolute atomic E-state index is 0.0500. The van der Waals surface area contributed by atoms with E-state index in [2.05, 4.69) is 29.6 Å². The summed E-state index contributed by atoms with van der Waals surface area (Å²) in [6.07, 6.45) is 4.21. The number of fused-ring (bicyclic) bond motifs is 1. The highest BCUT2D eigenvalue weighted by molar-refractivity contribution is 5.94. The molecule has 2 aromatic rings. The summed E-state index contributed by atoms with van der Waals surface area (Å²) in [6, 6.07) is 17.0. The van der Waals surface area contributed by atoms with Gasteiger partial charge >= 0.3 is 0 Å². The summed E-state index contributed by atoms with van der Waals surface area (Å²) in [7, 11) is 0. The molecule has 1 N–H and O–H groups in total. The number of hydrogen-bond donors (Lipinski definition) is 1. The second kappa shape index (κ2) is 7.58. The minimum Gasteiger partial charge on any atom is -0.333 e. The summed E-state index contributed by atoms with van der Waals surface area (Å²) in [5, 5.41) is 3.64. The predicted octanol–water partition coefficient (Wildman–Crippen LogP) is 3.97. The first kappa shape index (κ1) is 17.2. The molecular weight excluding hydrogens is 327 g/mol. The molecule has 0 saturated carbocycles. The van der Waals surface area contributed by atoms with Crippen molar-refractivity contribution in [3.63, 3.8) is 0 Å². The van der Waals surface area contributed by atoms with E-state index < -0.39 is 0 Å². The number of hydrogen-bond acceptors (Lipinski definition) is 2. The Morgan fingerprint density at radius 2 is 1.88 bits per heavy atom. The standard InChI is InChI=1S/C22H25FN2O/c23-18-10-6-9-17(15-18)22(26)25-14-5-4-11-20-21(25)19(12-13-24-20)16-7-2-1-3-8-16/h1-3,6-10,15,19-21,24H,4-5,11-14H2/t19-,20-,21-/m1/s1. The molecule has 2 aliphatic heterocycles. The van der Waals surface area contributed by atoms with Crippen molar-refractivity contribution >= 4 is 5.91 Å². The molecule has 0 aliphatic carbocycles. The van der Waals surface area contributed by atoms with Gasteiger partial charge in [0, 0.05) is 24.1 Å². The normalized spacial score (nSPS) is 26.0. The second-order valence-electron chi connectivity index (χ2n) is 7.36. The van der Waals surface area contributed by atoms with Gasteiger partial charge in [-0.15, -0.1) is 0 Å². The molecule has 2 heterocycles. The van der Waals surface area contributed by atoms with Crippen molar-refractivity contribution in [3.05, 3.63) is 71.5 Å². The van der Waals surface area contributed by atoms with Gasteiger partial charge < -0.3 is 10.2 Å². The summed E-state index contributed by atoms with van der Waals surface area (Å²) in [5.74, 6) is -0.0901. The molecule has 0 radical (unpaired) electrons. The van der Waals surface area contributed by atoms with Crippen molar-refractivity contribution in [2.45, 2.75) is 43.7 Å². The number of nitrogens with one attached hydrogen (secondary N) is 1. The lowest BCUT2D eigenvalue weighted by Crippen LogP contribution is -2.57. The lowest BCUT2D eigenvalue weighted by Gasteiger charge is -2.44. The molecule has 3 atom stereocenters. The Balaban J connectivity index is 1.70. The lowest BCUT2D eigenvalue weighted by atomic mass is 9.80. The Morgan fingerprint density at radius 1 is 1.04 bits per heavy atom. The topological polar surface area (TPSA) is 32.3 Å². The van der Waals surface area contributed by atoms with Crippen LogP contribution >= 0.6 is 0 Å². The van der Waals surface area contributed by atoms with Crippen LogP contribution in [-0.4, -0.2) is 36.0 Å². The fraction of sp³-hybridized carbons (Fsp3) is 0.409. The first-order valence-corrected chi connectivity index (χ1v) is 9.59. The average molecular weight is 352 g/mol. The molecule has 0 unspecified atom stereocenters. The molecule has 136 valence electrons. The first-order chi connectivity index (χ1) is 12.7. The van der Waals surface area contributed by atoms with Crippen LogP contribution in [0.4, 0.5) is 4.39 Å². The molecule has 1 amide bonds. The Labute approximate surface area is 154 Å². The van der Waals surface area contributed by atoms with E-state index in [9.17, 15) is 9.18 Å². The number of piperidine rings is 1. The van der Waals surface area contributed by atoms with Crippen LogP contribution in [0, 0.1) is 5.82 Å².